The van der Waals surface area contributed by atoms with Gasteiger partial charge in [-0.3, -0.25) is 14.8 Å². The van der Waals surface area contributed by atoms with E-state index >= 15 is 0 Å². The van der Waals surface area contributed by atoms with Crippen LogP contribution in [0, 0.1) is 5.92 Å². The lowest BCUT2D eigenvalue weighted by atomic mass is 10.0. The van der Waals surface area contributed by atoms with Crippen LogP contribution in [0.25, 0.3) is 33.3 Å². The zero-order chi connectivity index (χ0) is 19.1. The first-order chi connectivity index (χ1) is 13.7. The van der Waals surface area contributed by atoms with E-state index in [4.69, 9.17) is 0 Å². The van der Waals surface area contributed by atoms with E-state index in [2.05, 4.69) is 62.9 Å². The van der Waals surface area contributed by atoms with Gasteiger partial charge < -0.3 is 5.32 Å². The molecule has 4 aromatic rings. The molecule has 1 fully saturated rings. The average molecular weight is 373 g/mol. The third kappa shape index (κ3) is 3.24. The van der Waals surface area contributed by atoms with Crippen molar-refractivity contribution >= 4 is 16.6 Å². The van der Waals surface area contributed by atoms with Crippen LogP contribution in [0.2, 0.25) is 0 Å². The molecule has 3 heterocycles. The first-order valence-corrected chi connectivity index (χ1v) is 9.76. The Morgan fingerprint density at radius 3 is 2.86 bits per heavy atom. The van der Waals surface area contributed by atoms with E-state index in [9.17, 15) is 0 Å². The second kappa shape index (κ2) is 6.74. The largest absolute Gasteiger partial charge is 0.382 e. The fourth-order valence-electron chi connectivity index (χ4n) is 3.50. The number of hydrogen-bond acceptors (Lipinski definition) is 5. The van der Waals surface area contributed by atoms with Crippen LogP contribution in [-0.4, -0.2) is 36.2 Å². The minimum atomic E-state index is 0.281. The summed E-state index contributed by atoms with van der Waals surface area (Å²) < 4.78 is 1.96. The van der Waals surface area contributed by atoms with Crippen molar-refractivity contribution in [1.82, 2.24) is 30.2 Å². The van der Waals surface area contributed by atoms with Crippen LogP contribution in [0.5, 0.6) is 0 Å². The highest BCUT2D eigenvalue weighted by Crippen LogP contribution is 2.36. The van der Waals surface area contributed by atoms with Crippen LogP contribution in [0.4, 0.5) is 5.69 Å². The highest BCUT2D eigenvalue weighted by molar-refractivity contribution is 6.00. The minimum absolute atomic E-state index is 0.281. The van der Waals surface area contributed by atoms with Crippen molar-refractivity contribution in [2.45, 2.75) is 39.3 Å². The van der Waals surface area contributed by atoms with Crippen molar-refractivity contribution < 1.29 is 0 Å². The van der Waals surface area contributed by atoms with Crippen molar-refractivity contribution in [1.29, 1.82) is 0 Å². The van der Waals surface area contributed by atoms with Gasteiger partial charge in [0, 0.05) is 41.5 Å². The van der Waals surface area contributed by atoms with Gasteiger partial charge in [0.1, 0.15) is 5.69 Å². The smallest absolute Gasteiger partial charge is 0.116 e. The Morgan fingerprint density at radius 1 is 1.21 bits per heavy atom. The van der Waals surface area contributed by atoms with Crippen molar-refractivity contribution in [2.75, 3.05) is 5.32 Å². The highest BCUT2D eigenvalue weighted by atomic mass is 15.4. The standard InChI is InChI=1S/C21H23N7/c1-13(2)25-21-17-7-15(16-8-23-24-9-16)5-6-19(17)22-10-18(21)20-12-28(27-26-20)11-14-3-4-14/h5-10,12-14H,3-4,11H2,1-2H3,(H,22,25)(H,23,24). The maximum atomic E-state index is 4.69. The summed E-state index contributed by atoms with van der Waals surface area (Å²) in [6.45, 7) is 5.23. The Balaban J connectivity index is 1.63. The number of nitrogens with one attached hydrogen (secondary N) is 2. The van der Waals surface area contributed by atoms with Crippen molar-refractivity contribution in [2.24, 2.45) is 5.92 Å². The number of fused-ring (bicyclic) bond motifs is 1. The van der Waals surface area contributed by atoms with E-state index in [1.54, 1.807) is 0 Å². The second-order valence-corrected chi connectivity index (χ2v) is 7.83. The zero-order valence-electron chi connectivity index (χ0n) is 16.1. The fourth-order valence-corrected chi connectivity index (χ4v) is 3.50. The van der Waals surface area contributed by atoms with E-state index in [0.717, 1.165) is 51.4 Å². The summed E-state index contributed by atoms with van der Waals surface area (Å²) in [5.74, 6) is 0.759. The molecule has 1 aliphatic carbocycles. The minimum Gasteiger partial charge on any atom is -0.382 e. The van der Waals surface area contributed by atoms with E-state index in [-0.39, 0.29) is 6.04 Å². The molecule has 1 aromatic carbocycles. The monoisotopic (exact) mass is 373 g/mol. The Hall–Kier alpha value is -3.22. The Labute approximate surface area is 163 Å². The molecule has 7 nitrogen and oxygen atoms in total. The predicted molar refractivity (Wildman–Crippen MR) is 110 cm³/mol. The summed E-state index contributed by atoms with van der Waals surface area (Å²) in [4.78, 5) is 4.69. The van der Waals surface area contributed by atoms with Gasteiger partial charge in [0.2, 0.25) is 0 Å². The first-order valence-electron chi connectivity index (χ1n) is 9.76. The number of aromatic amines is 1. The molecule has 1 aliphatic rings. The number of benzene rings is 1. The third-order valence-electron chi connectivity index (χ3n) is 5.09. The third-order valence-corrected chi connectivity index (χ3v) is 5.09. The first kappa shape index (κ1) is 16.9. The maximum Gasteiger partial charge on any atom is 0.116 e. The van der Waals surface area contributed by atoms with Gasteiger partial charge in [-0.05, 0) is 50.3 Å². The van der Waals surface area contributed by atoms with E-state index < -0.39 is 0 Å². The van der Waals surface area contributed by atoms with Crippen molar-refractivity contribution in [3.63, 3.8) is 0 Å². The lowest BCUT2D eigenvalue weighted by Crippen LogP contribution is -2.11. The molecular formula is C21H23N7. The van der Waals surface area contributed by atoms with Crippen LogP contribution in [0.3, 0.4) is 0 Å². The van der Waals surface area contributed by atoms with E-state index in [1.807, 2.05) is 29.5 Å². The lowest BCUT2D eigenvalue weighted by molar-refractivity contribution is 0.544. The molecule has 0 unspecified atom stereocenters. The molecule has 5 rings (SSSR count). The average Bonchev–Trinajstić information content (AvgIpc) is 3.15. The molecule has 0 bridgehead atoms. The van der Waals surface area contributed by atoms with Crippen LogP contribution >= 0.6 is 0 Å². The molecule has 3 aromatic heterocycles. The molecule has 2 N–H and O–H groups in total. The normalized spacial score (nSPS) is 14.1. The summed E-state index contributed by atoms with van der Waals surface area (Å²) in [6.07, 6.45) is 10.3. The molecule has 0 aliphatic heterocycles. The van der Waals surface area contributed by atoms with Gasteiger partial charge >= 0.3 is 0 Å². The van der Waals surface area contributed by atoms with Crippen LogP contribution in [0.15, 0.2) is 43.0 Å². The van der Waals surface area contributed by atoms with E-state index in [0.29, 0.717) is 0 Å². The number of aromatic nitrogens is 6. The molecule has 28 heavy (non-hydrogen) atoms. The van der Waals surface area contributed by atoms with Gasteiger partial charge in [-0.25, -0.2) is 0 Å². The number of anilines is 1. The van der Waals surface area contributed by atoms with Gasteiger partial charge in [0.25, 0.3) is 0 Å². The molecule has 1 saturated carbocycles. The number of rotatable bonds is 6. The highest BCUT2D eigenvalue weighted by Gasteiger charge is 2.23. The summed E-state index contributed by atoms with van der Waals surface area (Å²) in [7, 11) is 0. The molecule has 142 valence electrons. The van der Waals surface area contributed by atoms with Gasteiger partial charge in [-0.15, -0.1) is 5.10 Å². The molecule has 0 radical (unpaired) electrons. The number of nitrogens with zero attached hydrogens (tertiary/aromatic N) is 5. The van der Waals surface area contributed by atoms with Gasteiger partial charge in [0.05, 0.1) is 23.6 Å². The lowest BCUT2D eigenvalue weighted by Gasteiger charge is -2.16. The number of hydrogen-bond donors (Lipinski definition) is 2. The van der Waals surface area contributed by atoms with Gasteiger partial charge in [-0.2, -0.15) is 5.10 Å². The summed E-state index contributed by atoms with van der Waals surface area (Å²) in [5.41, 5.74) is 5.98. The van der Waals surface area contributed by atoms with Crippen LogP contribution in [-0.2, 0) is 6.54 Å². The number of H-pyrrole nitrogens is 1. The number of pyridine rings is 1. The molecule has 0 saturated heterocycles. The Bertz CT molecular complexity index is 1110. The second-order valence-electron chi connectivity index (χ2n) is 7.83. The van der Waals surface area contributed by atoms with Gasteiger partial charge in [-0.1, -0.05) is 11.3 Å². The fraction of sp³-hybridized carbons (Fsp3) is 0.333. The molecule has 0 amide bonds. The van der Waals surface area contributed by atoms with E-state index in [1.165, 1.54) is 12.8 Å². The quantitative estimate of drug-likeness (QED) is 0.531. The molecular weight excluding hydrogens is 350 g/mol. The van der Waals surface area contributed by atoms with Crippen molar-refractivity contribution in [3.05, 3.63) is 43.0 Å². The van der Waals surface area contributed by atoms with Crippen LogP contribution < -0.4 is 5.32 Å². The van der Waals surface area contributed by atoms with Gasteiger partial charge in [0.15, 0.2) is 0 Å². The molecule has 0 atom stereocenters. The van der Waals surface area contributed by atoms with Crippen LogP contribution in [0.1, 0.15) is 26.7 Å². The Morgan fingerprint density at radius 2 is 2.11 bits per heavy atom. The maximum absolute atomic E-state index is 4.69. The molecule has 0 spiro atoms. The Kier molecular flexibility index (Phi) is 4.07. The van der Waals surface area contributed by atoms with Crippen molar-refractivity contribution in [3.8, 4) is 22.4 Å². The summed E-state index contributed by atoms with van der Waals surface area (Å²) in [5, 5.41) is 20.4. The molecule has 7 heteroatoms. The topological polar surface area (TPSA) is 84.3 Å². The summed E-state index contributed by atoms with van der Waals surface area (Å²) in [6, 6.07) is 6.57. The predicted octanol–water partition coefficient (Wildman–Crippen LogP) is 4.11. The zero-order valence-corrected chi connectivity index (χ0v) is 16.1. The summed E-state index contributed by atoms with van der Waals surface area (Å²) >= 11 is 0. The SMILES string of the molecule is CC(C)Nc1c(-c2cn(CC3CC3)nn2)cnc2ccc(-c3cn[nH]c3)cc12.